The van der Waals surface area contributed by atoms with Crippen LogP contribution in [0.25, 0.3) is 0 Å². The van der Waals surface area contributed by atoms with Crippen LogP contribution in [-0.4, -0.2) is 63.8 Å². The molecule has 0 spiro atoms. The van der Waals surface area contributed by atoms with Crippen molar-refractivity contribution in [2.75, 3.05) is 46.4 Å². The van der Waals surface area contributed by atoms with Crippen molar-refractivity contribution >= 4 is 40.6 Å². The minimum Gasteiger partial charge on any atom is -0.550 e. The van der Waals surface area contributed by atoms with Crippen LogP contribution in [0.2, 0.25) is 0 Å². The molecule has 2 aromatic rings. The van der Waals surface area contributed by atoms with Gasteiger partial charge in [-0.15, -0.1) is 0 Å². The molecule has 2 aliphatic heterocycles. The summed E-state index contributed by atoms with van der Waals surface area (Å²) >= 11 is 7.19. The molecule has 0 bridgehead atoms. The fourth-order valence-electron chi connectivity index (χ4n) is 7.80. The van der Waals surface area contributed by atoms with Gasteiger partial charge in [0.2, 0.25) is 5.69 Å². The maximum atomic E-state index is 11.3. The third-order valence-electron chi connectivity index (χ3n) is 10.7. The maximum absolute atomic E-state index is 11.3. The van der Waals surface area contributed by atoms with Crippen molar-refractivity contribution in [2.45, 2.75) is 83.5 Å². The van der Waals surface area contributed by atoms with E-state index in [4.69, 9.17) is 30.5 Å². The number of halogens is 1. The van der Waals surface area contributed by atoms with E-state index in [0.717, 1.165) is 64.3 Å². The summed E-state index contributed by atoms with van der Waals surface area (Å²) in [4.78, 5) is 24.8. The van der Waals surface area contributed by atoms with Gasteiger partial charge in [-0.2, -0.15) is 4.58 Å². The maximum Gasteiger partial charge on any atom is 1.00 e. The molecule has 10 nitrogen and oxygen atoms in total. The van der Waals surface area contributed by atoms with Gasteiger partial charge in [0.15, 0.2) is 28.7 Å². The van der Waals surface area contributed by atoms with Crippen molar-refractivity contribution in [3.63, 3.8) is 0 Å². The van der Waals surface area contributed by atoms with Crippen LogP contribution in [0.15, 0.2) is 70.4 Å². The Labute approximate surface area is 346 Å². The molecule has 1 aliphatic carbocycles. The Hall–Kier alpha value is -3.70. The van der Waals surface area contributed by atoms with Crippen molar-refractivity contribution in [1.29, 1.82) is 0 Å². The van der Waals surface area contributed by atoms with Crippen LogP contribution >= 0.6 is 11.6 Å². The number of carbonyl (C=O) groups is 2. The molecule has 0 fully saturated rings. The van der Waals surface area contributed by atoms with Gasteiger partial charge < -0.3 is 43.6 Å². The minimum atomic E-state index is -1.08. The Kier molecular flexibility index (Phi) is 14.2. The van der Waals surface area contributed by atoms with Gasteiger partial charge in [0.25, 0.3) is 0 Å². The van der Waals surface area contributed by atoms with E-state index in [-0.39, 0.29) is 42.4 Å². The molecule has 0 atom stereocenters. The second-order valence-corrected chi connectivity index (χ2v) is 15.0. The van der Waals surface area contributed by atoms with Crippen LogP contribution in [0, 0.1) is 0 Å². The molecule has 5 rings (SSSR count). The number of ether oxygens (including phenoxy) is 4. The first-order chi connectivity index (χ1) is 25.2. The van der Waals surface area contributed by atoms with Gasteiger partial charge in [-0.1, -0.05) is 37.6 Å². The predicted octanol–water partition coefficient (Wildman–Crippen LogP) is 3.00. The zero-order valence-corrected chi connectivity index (χ0v) is 35.8. The third-order valence-corrected chi connectivity index (χ3v) is 11.1. The summed E-state index contributed by atoms with van der Waals surface area (Å²) in [5, 5.41) is 23.4. The van der Waals surface area contributed by atoms with Crippen LogP contribution in [0.3, 0.4) is 0 Å². The fourth-order valence-corrected chi connectivity index (χ4v) is 8.12. The first-order valence-corrected chi connectivity index (χ1v) is 18.4. The van der Waals surface area contributed by atoms with E-state index in [1.807, 2.05) is 24.3 Å². The molecule has 2 aromatic carbocycles. The average molecular weight is 769 g/mol. The van der Waals surface area contributed by atoms with E-state index < -0.39 is 22.8 Å². The number of fused-ring (bicyclic) bond motifs is 2. The van der Waals surface area contributed by atoms with Crippen molar-refractivity contribution < 1.29 is 72.9 Å². The molecule has 54 heavy (non-hydrogen) atoms. The Morgan fingerprint density at radius 3 is 1.98 bits per heavy atom. The number of benzene rings is 2. The molecule has 0 N–H and O–H groups in total. The van der Waals surface area contributed by atoms with E-state index in [1.165, 1.54) is 0 Å². The van der Waals surface area contributed by atoms with Crippen LogP contribution in [0.5, 0.6) is 23.0 Å². The smallest absolute Gasteiger partial charge is 0.550 e. The Morgan fingerprint density at radius 2 is 1.37 bits per heavy atom. The van der Waals surface area contributed by atoms with Crippen molar-refractivity contribution in [3.8, 4) is 23.0 Å². The molecule has 12 heteroatoms. The summed E-state index contributed by atoms with van der Waals surface area (Å²) < 4.78 is 24.7. The van der Waals surface area contributed by atoms with E-state index in [1.54, 1.807) is 28.4 Å². The van der Waals surface area contributed by atoms with Gasteiger partial charge >= 0.3 is 29.6 Å². The summed E-state index contributed by atoms with van der Waals surface area (Å²) in [7, 11) is 6.43. The van der Waals surface area contributed by atoms with Gasteiger partial charge in [0.05, 0.1) is 39.9 Å². The standard InChI is InChI=1S/C42H51ClN2O8.Na/c1-41(2)28-22-32(50-5)34(52-7)24-30(28)44(20-10-14-38(46)47)36(41)18-16-26-12-9-13-27(40(26)43)17-19-37-42(3,4)29-23-33(51-6)35(53-8)25-31(29)45(37)21-11-15-39(48)49;/h16-19,22-25H,9-15,20-21H2,1-8H3,(H-,46,47,48,49);/q;+1/p-1. The quantitative estimate of drug-likeness (QED) is 0.199. The van der Waals surface area contributed by atoms with Gasteiger partial charge in [-0.05, 0) is 87.3 Å². The topological polar surface area (TPSA) is 123 Å². The zero-order valence-electron chi connectivity index (χ0n) is 33.0. The van der Waals surface area contributed by atoms with Crippen LogP contribution in [0.4, 0.5) is 11.4 Å². The van der Waals surface area contributed by atoms with Crippen molar-refractivity contribution in [3.05, 3.63) is 81.6 Å². The Bertz CT molecular complexity index is 1940. The summed E-state index contributed by atoms with van der Waals surface area (Å²) in [6, 6.07) is 7.90. The number of aliphatic carboxylic acids is 2. The molecule has 0 aromatic heterocycles. The fraction of sp³-hybridized carbons (Fsp3) is 0.452. The largest absolute Gasteiger partial charge is 1.00 e. The number of anilines is 1. The molecule has 0 saturated heterocycles. The number of rotatable bonds is 15. The number of carboxylic acids is 2. The van der Waals surface area contributed by atoms with Gasteiger partial charge in [-0.25, -0.2) is 0 Å². The SMILES string of the molecule is COc1cc2c(cc1OC)C(C)(C)/C(=C/C=C1\CCCC(/C=C/C3=[N+](CCCC(=O)[O-])c4cc(OC)c(OC)cc4C3(C)C)=C1Cl)N2CCCC(=O)[O-].[Na+]. The molecular weight excluding hydrogens is 719 g/mol. The van der Waals surface area contributed by atoms with Crippen LogP contribution in [0.1, 0.15) is 83.8 Å². The number of hydrogen-bond donors (Lipinski definition) is 0. The first-order valence-electron chi connectivity index (χ1n) is 18.0. The monoisotopic (exact) mass is 768 g/mol. The first kappa shape index (κ1) is 43.0. The van der Waals surface area contributed by atoms with Crippen LogP contribution in [-0.2, 0) is 20.4 Å². The van der Waals surface area contributed by atoms with E-state index in [9.17, 15) is 19.8 Å². The van der Waals surface area contributed by atoms with Crippen molar-refractivity contribution in [2.24, 2.45) is 0 Å². The van der Waals surface area contributed by atoms with E-state index in [0.29, 0.717) is 54.0 Å². The number of carboxylic acid groups (broad SMARTS) is 2. The normalized spacial score (nSPS) is 18.6. The molecule has 3 aliphatic rings. The van der Waals surface area contributed by atoms with Crippen molar-refractivity contribution in [1.82, 2.24) is 0 Å². The molecule has 0 radical (unpaired) electrons. The average Bonchev–Trinajstić information content (AvgIpc) is 3.45. The molecule has 284 valence electrons. The minimum absolute atomic E-state index is 0. The molecule has 0 saturated carbocycles. The summed E-state index contributed by atoms with van der Waals surface area (Å²) in [5.41, 5.74) is 7.21. The molecular formula is C42H50ClN2NaO8. The van der Waals surface area contributed by atoms with Gasteiger partial charge in [0, 0.05) is 64.4 Å². The third kappa shape index (κ3) is 8.57. The number of methoxy groups -OCH3 is 4. The molecule has 0 amide bonds. The molecule has 2 heterocycles. The zero-order chi connectivity index (χ0) is 38.7. The summed E-state index contributed by atoms with van der Waals surface area (Å²) in [6.07, 6.45) is 11.7. The second kappa shape index (κ2) is 17.8. The number of nitrogens with zero attached hydrogens (tertiary/aromatic N) is 2. The number of hydrogen-bond acceptors (Lipinski definition) is 9. The van der Waals surface area contributed by atoms with Gasteiger partial charge in [0.1, 0.15) is 6.54 Å². The van der Waals surface area contributed by atoms with Gasteiger partial charge in [-0.3, -0.25) is 0 Å². The Balaban J connectivity index is 0.00000650. The van der Waals surface area contributed by atoms with E-state index in [2.05, 4.69) is 61.5 Å². The number of carbonyl (C=O) groups excluding carboxylic acids is 2. The summed E-state index contributed by atoms with van der Waals surface area (Å²) in [5.74, 6) is 0.306. The van der Waals surface area contributed by atoms with Crippen LogP contribution < -0.4 is 63.6 Å². The second-order valence-electron chi connectivity index (χ2n) is 14.6. The molecule has 0 unspecified atom stereocenters. The Morgan fingerprint density at radius 1 is 0.796 bits per heavy atom. The number of allylic oxidation sites excluding steroid dienone is 8. The predicted molar refractivity (Wildman–Crippen MR) is 203 cm³/mol. The van der Waals surface area contributed by atoms with E-state index >= 15 is 0 Å². The summed E-state index contributed by atoms with van der Waals surface area (Å²) in [6.45, 7) is 9.57.